The molecule has 0 bridgehead atoms. The van der Waals surface area contributed by atoms with Gasteiger partial charge in [0.1, 0.15) is 12.4 Å². The Morgan fingerprint density at radius 3 is 2.89 bits per heavy atom. The number of halogens is 3. The number of hydrogen-bond acceptors (Lipinski definition) is 4. The molecule has 2 heterocycles. The van der Waals surface area contributed by atoms with Crippen LogP contribution in [-0.2, 0) is 5.60 Å². The zero-order chi connectivity index (χ0) is 13.5. The maximum Gasteiger partial charge on any atom is 0.290 e. The number of fused-ring (bicyclic) bond motifs is 1. The van der Waals surface area contributed by atoms with E-state index in [2.05, 4.69) is 15.0 Å². The molecule has 0 radical (unpaired) electrons. The summed E-state index contributed by atoms with van der Waals surface area (Å²) in [4.78, 5) is 11.4. The summed E-state index contributed by atoms with van der Waals surface area (Å²) < 4.78 is 42.9. The van der Waals surface area contributed by atoms with Crippen LogP contribution >= 0.6 is 0 Å². The molecule has 1 aliphatic heterocycles. The van der Waals surface area contributed by atoms with Gasteiger partial charge in [-0.15, -0.1) is 0 Å². The minimum atomic E-state index is -3.37. The van der Waals surface area contributed by atoms with Crippen molar-refractivity contribution >= 4 is 5.91 Å². The number of amides is 1. The molecule has 0 saturated carbocycles. The lowest BCUT2D eigenvalue weighted by molar-refractivity contribution is -0.118. The first-order valence-electron chi connectivity index (χ1n) is 5.26. The summed E-state index contributed by atoms with van der Waals surface area (Å²) in [5.41, 5.74) is -3.60. The van der Waals surface area contributed by atoms with Crippen molar-refractivity contribution in [3.8, 4) is 0 Å². The normalized spacial score (nSPS) is 22.6. The molecule has 0 fully saturated rings. The summed E-state index contributed by atoms with van der Waals surface area (Å²) in [7, 11) is 0. The molecule has 0 saturated heterocycles. The van der Waals surface area contributed by atoms with Crippen LogP contribution in [0, 0.1) is 0 Å². The van der Waals surface area contributed by atoms with E-state index < -0.39 is 36.2 Å². The summed E-state index contributed by atoms with van der Waals surface area (Å²) >= 11 is 0. The highest BCUT2D eigenvalue weighted by Gasteiger charge is 2.47. The van der Waals surface area contributed by atoms with E-state index in [0.29, 0.717) is 0 Å². The number of aromatic nitrogens is 1. The monoisotopic (exact) mass is 264 g/mol. The number of alkyl halides is 3. The minimum Gasteiger partial charge on any atom is -0.376 e. The van der Waals surface area contributed by atoms with Crippen LogP contribution in [0.1, 0.15) is 34.7 Å². The minimum absolute atomic E-state index is 0.0409. The molecule has 2 rings (SSSR count). The lowest BCUT2D eigenvalue weighted by Gasteiger charge is -2.25. The van der Waals surface area contributed by atoms with Gasteiger partial charge >= 0.3 is 0 Å². The first kappa shape index (κ1) is 12.9. The molecule has 2 atom stereocenters. The van der Waals surface area contributed by atoms with Gasteiger partial charge in [0.15, 0.2) is 5.60 Å². The third kappa shape index (κ3) is 1.67. The lowest BCUT2D eigenvalue weighted by atomic mass is 9.88. The van der Waals surface area contributed by atoms with Crippen molar-refractivity contribution in [3.63, 3.8) is 0 Å². The van der Waals surface area contributed by atoms with Gasteiger partial charge in [-0.3, -0.25) is 4.79 Å². The second-order valence-corrected chi connectivity index (χ2v) is 4.24. The van der Waals surface area contributed by atoms with Crippen molar-refractivity contribution in [2.45, 2.75) is 24.9 Å². The van der Waals surface area contributed by atoms with Gasteiger partial charge in [0, 0.05) is 18.0 Å². The maximum atomic E-state index is 12.8. The smallest absolute Gasteiger partial charge is 0.290 e. The molecule has 1 aromatic heterocycles. The van der Waals surface area contributed by atoms with Crippen molar-refractivity contribution in [3.05, 3.63) is 17.0 Å². The van der Waals surface area contributed by atoms with E-state index >= 15 is 0 Å². The Balaban J connectivity index is 2.57. The third-order valence-corrected chi connectivity index (χ3v) is 2.97. The van der Waals surface area contributed by atoms with Crippen molar-refractivity contribution in [1.29, 1.82) is 0 Å². The third-order valence-electron chi connectivity index (χ3n) is 2.97. The average Bonchev–Trinajstić information content (AvgIpc) is 2.79. The Labute approximate surface area is 99.9 Å². The number of carbonyl (C=O) groups excluding carboxylic acids is 1. The zero-order valence-corrected chi connectivity index (χ0v) is 9.41. The Hall–Kier alpha value is -1.57. The molecule has 0 aliphatic carbocycles. The summed E-state index contributed by atoms with van der Waals surface area (Å²) in [5, 5.41) is 15.4. The van der Waals surface area contributed by atoms with Crippen LogP contribution < -0.4 is 5.32 Å². The van der Waals surface area contributed by atoms with Gasteiger partial charge in [-0.1, -0.05) is 12.1 Å². The fourth-order valence-corrected chi connectivity index (χ4v) is 1.88. The van der Waals surface area contributed by atoms with Crippen LogP contribution in [0.5, 0.6) is 0 Å². The second kappa shape index (κ2) is 4.27. The Morgan fingerprint density at radius 1 is 1.67 bits per heavy atom. The molecule has 1 aromatic rings. The number of nitrogens with one attached hydrogen (secondary N) is 1. The first-order valence-corrected chi connectivity index (χ1v) is 5.26. The van der Waals surface area contributed by atoms with Crippen molar-refractivity contribution in [2.24, 2.45) is 0 Å². The van der Waals surface area contributed by atoms with Gasteiger partial charge < -0.3 is 14.9 Å². The van der Waals surface area contributed by atoms with Gasteiger partial charge in [0.25, 0.3) is 12.3 Å². The van der Waals surface area contributed by atoms with Gasteiger partial charge in [0.05, 0.1) is 0 Å². The fraction of sp³-hybridized carbons (Fsp3) is 0.600. The molecule has 0 spiro atoms. The predicted molar refractivity (Wildman–Crippen MR) is 53.1 cm³/mol. The fourth-order valence-electron chi connectivity index (χ4n) is 1.88. The second-order valence-electron chi connectivity index (χ2n) is 4.24. The van der Waals surface area contributed by atoms with Crippen LogP contribution in [0.3, 0.4) is 0 Å². The molecular weight excluding hydrogens is 253 g/mol. The van der Waals surface area contributed by atoms with Crippen molar-refractivity contribution in [2.75, 3.05) is 13.2 Å². The molecule has 2 unspecified atom stereocenters. The Morgan fingerprint density at radius 2 is 2.33 bits per heavy atom. The van der Waals surface area contributed by atoms with E-state index in [9.17, 15) is 23.1 Å². The van der Waals surface area contributed by atoms with Crippen LogP contribution in [0.2, 0.25) is 0 Å². The van der Waals surface area contributed by atoms with E-state index in [4.69, 9.17) is 0 Å². The highest BCUT2D eigenvalue weighted by Crippen LogP contribution is 2.37. The van der Waals surface area contributed by atoms with Crippen molar-refractivity contribution in [1.82, 2.24) is 10.5 Å². The highest BCUT2D eigenvalue weighted by molar-refractivity contribution is 5.94. The quantitative estimate of drug-likeness (QED) is 0.852. The summed E-state index contributed by atoms with van der Waals surface area (Å²) in [6.07, 6.45) is -3.37. The number of nitrogens with zero attached hydrogens (tertiary/aromatic N) is 1. The summed E-state index contributed by atoms with van der Waals surface area (Å²) in [5.74, 6) is -1.26. The molecule has 18 heavy (non-hydrogen) atoms. The van der Waals surface area contributed by atoms with E-state index in [-0.39, 0.29) is 17.9 Å². The van der Waals surface area contributed by atoms with Crippen LogP contribution in [0.25, 0.3) is 0 Å². The topological polar surface area (TPSA) is 75.4 Å². The van der Waals surface area contributed by atoms with Crippen LogP contribution in [-0.4, -0.2) is 35.8 Å². The van der Waals surface area contributed by atoms with E-state index in [0.717, 1.165) is 0 Å². The Kier molecular flexibility index (Phi) is 3.05. The van der Waals surface area contributed by atoms with Gasteiger partial charge in [-0.2, -0.15) is 0 Å². The standard InChI is InChI=1S/C10H11F3N2O3/c1-4-2-14-8(16)6-5(4)7(15-18-6)10(17,3-11)9(12)13/h4,9,17H,2-3H2,1H3,(H,14,16). The molecule has 1 amide bonds. The number of rotatable bonds is 3. The molecule has 2 N–H and O–H groups in total. The summed E-state index contributed by atoms with van der Waals surface area (Å²) in [6, 6.07) is 0. The molecule has 1 aliphatic rings. The molecule has 5 nitrogen and oxygen atoms in total. The molecule has 100 valence electrons. The maximum absolute atomic E-state index is 12.8. The molecular formula is C10H11F3N2O3. The predicted octanol–water partition coefficient (Wildman–Crippen LogP) is 0.944. The highest BCUT2D eigenvalue weighted by atomic mass is 19.3. The number of carbonyl (C=O) groups is 1. The number of aliphatic hydroxyl groups is 1. The van der Waals surface area contributed by atoms with E-state index in [1.807, 2.05) is 0 Å². The lowest BCUT2D eigenvalue weighted by Crippen LogP contribution is -2.40. The largest absolute Gasteiger partial charge is 0.376 e. The molecule has 8 heteroatoms. The van der Waals surface area contributed by atoms with Gasteiger partial charge in [0.2, 0.25) is 5.76 Å². The zero-order valence-electron chi connectivity index (χ0n) is 9.41. The van der Waals surface area contributed by atoms with Crippen molar-refractivity contribution < 1.29 is 27.6 Å². The Bertz CT molecular complexity index is 477. The van der Waals surface area contributed by atoms with Gasteiger partial charge in [-0.05, 0) is 0 Å². The first-order chi connectivity index (χ1) is 8.41. The molecule has 0 aromatic carbocycles. The summed E-state index contributed by atoms with van der Waals surface area (Å²) in [6.45, 7) is 0.104. The SMILES string of the molecule is CC1CNC(=O)c2onc(C(O)(CF)C(F)F)c21. The number of hydrogen-bond donors (Lipinski definition) is 2. The van der Waals surface area contributed by atoms with Crippen LogP contribution in [0.15, 0.2) is 4.52 Å². The van der Waals surface area contributed by atoms with Gasteiger partial charge in [-0.25, -0.2) is 13.2 Å². The average molecular weight is 264 g/mol. The van der Waals surface area contributed by atoms with Crippen LogP contribution in [0.4, 0.5) is 13.2 Å². The van der Waals surface area contributed by atoms with E-state index in [1.54, 1.807) is 6.92 Å². The van der Waals surface area contributed by atoms with E-state index in [1.165, 1.54) is 0 Å².